The summed E-state index contributed by atoms with van der Waals surface area (Å²) in [6.07, 6.45) is 0. The van der Waals surface area contributed by atoms with Crippen LogP contribution in [0.4, 0.5) is 0 Å². The van der Waals surface area contributed by atoms with E-state index < -0.39 is 0 Å². The number of rotatable bonds is 2. The van der Waals surface area contributed by atoms with Gasteiger partial charge in [-0.1, -0.05) is 24.3 Å². The van der Waals surface area contributed by atoms with E-state index in [1.807, 2.05) is 40.8 Å². The fraction of sp³-hybridized carbons (Fsp3) is 0.0625. The Morgan fingerprint density at radius 3 is 2.68 bits per heavy atom. The van der Waals surface area contributed by atoms with E-state index in [0.717, 1.165) is 27.4 Å². The van der Waals surface area contributed by atoms with Crippen LogP contribution in [-0.2, 0) is 4.74 Å². The number of carbonyl (C=O) groups is 1. The Bertz CT molecular complexity index is 986. The second kappa shape index (κ2) is 4.92. The number of esters is 1. The van der Waals surface area contributed by atoms with Crippen molar-refractivity contribution in [2.24, 2.45) is 0 Å². The van der Waals surface area contributed by atoms with Crippen LogP contribution in [0.15, 0.2) is 48.5 Å². The molecule has 0 spiro atoms. The first kappa shape index (κ1) is 13.0. The maximum absolute atomic E-state index is 11.5. The molecule has 0 saturated carbocycles. The van der Waals surface area contributed by atoms with Crippen molar-refractivity contribution in [3.05, 3.63) is 54.1 Å². The minimum absolute atomic E-state index is 0.344. The minimum Gasteiger partial charge on any atom is -0.465 e. The number of para-hydroxylation sites is 2. The van der Waals surface area contributed by atoms with Gasteiger partial charge in [-0.3, -0.25) is 4.40 Å². The van der Waals surface area contributed by atoms with Crippen LogP contribution >= 0.6 is 11.5 Å². The lowest BCUT2D eigenvalue weighted by Crippen LogP contribution is -2.00. The quantitative estimate of drug-likeness (QED) is 0.533. The molecule has 6 heteroatoms. The van der Waals surface area contributed by atoms with E-state index in [1.165, 1.54) is 18.6 Å². The molecule has 5 nitrogen and oxygen atoms in total. The minimum atomic E-state index is -0.344. The van der Waals surface area contributed by atoms with Gasteiger partial charge in [0.2, 0.25) is 4.96 Å². The fourth-order valence-corrected chi connectivity index (χ4v) is 3.21. The van der Waals surface area contributed by atoms with E-state index in [9.17, 15) is 4.79 Å². The van der Waals surface area contributed by atoms with Crippen LogP contribution in [0, 0.1) is 0 Å². The molecule has 0 bridgehead atoms. The molecule has 108 valence electrons. The number of imidazole rings is 1. The van der Waals surface area contributed by atoms with Gasteiger partial charge in [0.1, 0.15) is 0 Å². The van der Waals surface area contributed by atoms with Gasteiger partial charge >= 0.3 is 5.97 Å². The Hall–Kier alpha value is -2.73. The van der Waals surface area contributed by atoms with E-state index in [2.05, 4.69) is 9.36 Å². The van der Waals surface area contributed by atoms with Gasteiger partial charge in [-0.05, 0) is 24.3 Å². The van der Waals surface area contributed by atoms with E-state index in [4.69, 9.17) is 4.74 Å². The van der Waals surface area contributed by atoms with Crippen LogP contribution in [0.3, 0.4) is 0 Å². The molecule has 0 fully saturated rings. The van der Waals surface area contributed by atoms with Crippen LogP contribution in [-0.4, -0.2) is 26.8 Å². The summed E-state index contributed by atoms with van der Waals surface area (Å²) >= 11 is 1.36. The molecule has 0 saturated heterocycles. The first-order valence-corrected chi connectivity index (χ1v) is 7.47. The van der Waals surface area contributed by atoms with Gasteiger partial charge in [0.15, 0.2) is 5.82 Å². The number of hydrogen-bond acceptors (Lipinski definition) is 5. The topological polar surface area (TPSA) is 56.5 Å². The summed E-state index contributed by atoms with van der Waals surface area (Å²) in [4.78, 5) is 16.9. The number of aromatic nitrogens is 3. The van der Waals surface area contributed by atoms with E-state index in [1.54, 1.807) is 12.1 Å². The van der Waals surface area contributed by atoms with Crippen LogP contribution < -0.4 is 0 Å². The molecule has 0 radical (unpaired) electrons. The highest BCUT2D eigenvalue weighted by Gasteiger charge is 2.14. The zero-order chi connectivity index (χ0) is 15.1. The third-order valence-corrected chi connectivity index (χ3v) is 4.22. The molecular formula is C16H11N3O2S. The van der Waals surface area contributed by atoms with Crippen molar-refractivity contribution in [3.8, 4) is 11.4 Å². The van der Waals surface area contributed by atoms with Gasteiger partial charge in [0.25, 0.3) is 0 Å². The largest absolute Gasteiger partial charge is 0.465 e. The number of ether oxygens (including phenoxy) is 1. The summed E-state index contributed by atoms with van der Waals surface area (Å²) in [6.45, 7) is 0. The summed E-state index contributed by atoms with van der Waals surface area (Å²) < 4.78 is 11.2. The summed E-state index contributed by atoms with van der Waals surface area (Å²) in [6, 6.07) is 15.2. The Morgan fingerprint density at radius 1 is 1.14 bits per heavy atom. The van der Waals surface area contributed by atoms with Crippen molar-refractivity contribution in [3.63, 3.8) is 0 Å². The van der Waals surface area contributed by atoms with Gasteiger partial charge in [-0.25, -0.2) is 9.78 Å². The first-order valence-electron chi connectivity index (χ1n) is 6.69. The average molecular weight is 309 g/mol. The molecule has 0 unspecified atom stereocenters. The van der Waals surface area contributed by atoms with Crippen LogP contribution in [0.2, 0.25) is 0 Å². The Morgan fingerprint density at radius 2 is 1.91 bits per heavy atom. The summed E-state index contributed by atoms with van der Waals surface area (Å²) in [5.41, 5.74) is 3.43. The molecule has 0 amide bonds. The van der Waals surface area contributed by atoms with Crippen LogP contribution in [0.25, 0.3) is 27.4 Å². The third kappa shape index (κ3) is 1.88. The maximum Gasteiger partial charge on any atom is 0.337 e. The number of methoxy groups -OCH3 is 1. The standard InChI is InChI=1S/C16H11N3O2S/c1-21-15(20)11-8-6-10(7-9-11)14-18-22-16-17-12-4-2-3-5-13(12)19(14)16/h2-9H,1H3. The maximum atomic E-state index is 11.5. The molecule has 4 rings (SSSR count). The van der Waals surface area contributed by atoms with Crippen molar-refractivity contribution >= 4 is 33.5 Å². The summed E-state index contributed by atoms with van der Waals surface area (Å²) in [5.74, 6) is 0.480. The highest BCUT2D eigenvalue weighted by Crippen LogP contribution is 2.27. The molecule has 0 atom stereocenters. The van der Waals surface area contributed by atoms with Crippen molar-refractivity contribution in [2.75, 3.05) is 7.11 Å². The number of fused-ring (bicyclic) bond motifs is 3. The Kier molecular flexibility index (Phi) is 2.90. The average Bonchev–Trinajstić information content (AvgIpc) is 3.13. The molecule has 22 heavy (non-hydrogen) atoms. The van der Waals surface area contributed by atoms with Crippen LogP contribution in [0.5, 0.6) is 0 Å². The summed E-state index contributed by atoms with van der Waals surface area (Å²) in [5, 5.41) is 0. The zero-order valence-corrected chi connectivity index (χ0v) is 12.5. The highest BCUT2D eigenvalue weighted by atomic mass is 32.1. The van der Waals surface area contributed by atoms with Gasteiger partial charge in [-0.2, -0.15) is 4.37 Å². The van der Waals surface area contributed by atoms with E-state index in [0.29, 0.717) is 5.56 Å². The number of hydrogen-bond donors (Lipinski definition) is 0. The third-order valence-electron chi connectivity index (χ3n) is 3.52. The predicted octanol–water partition coefficient (Wildman–Crippen LogP) is 3.40. The Balaban J connectivity index is 1.88. The van der Waals surface area contributed by atoms with Crippen molar-refractivity contribution in [1.82, 2.24) is 13.8 Å². The van der Waals surface area contributed by atoms with Crippen molar-refractivity contribution in [2.45, 2.75) is 0 Å². The van der Waals surface area contributed by atoms with Crippen molar-refractivity contribution in [1.29, 1.82) is 0 Å². The molecule has 0 aliphatic rings. The first-order chi connectivity index (χ1) is 10.8. The monoisotopic (exact) mass is 309 g/mol. The predicted molar refractivity (Wildman–Crippen MR) is 85.1 cm³/mol. The molecule has 2 aromatic heterocycles. The normalized spacial score (nSPS) is 11.1. The SMILES string of the molecule is COC(=O)c1ccc(-c2nsc3nc4ccccc4n23)cc1. The Labute approximate surface area is 130 Å². The van der Waals surface area contributed by atoms with Gasteiger partial charge in [0.05, 0.1) is 23.7 Å². The lowest BCUT2D eigenvalue weighted by molar-refractivity contribution is 0.0601. The van der Waals surface area contributed by atoms with Crippen molar-refractivity contribution < 1.29 is 9.53 Å². The van der Waals surface area contributed by atoms with Gasteiger partial charge < -0.3 is 4.74 Å². The smallest absolute Gasteiger partial charge is 0.337 e. The molecule has 2 heterocycles. The van der Waals surface area contributed by atoms with E-state index in [-0.39, 0.29) is 5.97 Å². The van der Waals surface area contributed by atoms with Gasteiger partial charge in [0, 0.05) is 17.1 Å². The molecule has 0 N–H and O–H groups in total. The summed E-state index contributed by atoms with van der Waals surface area (Å²) in [7, 11) is 1.37. The fourth-order valence-electron chi connectivity index (χ4n) is 2.45. The van der Waals surface area contributed by atoms with E-state index >= 15 is 0 Å². The molecule has 4 aromatic rings. The molecular weight excluding hydrogens is 298 g/mol. The number of carbonyl (C=O) groups excluding carboxylic acids is 1. The molecule has 0 aliphatic heterocycles. The number of nitrogens with zero attached hydrogens (tertiary/aromatic N) is 3. The van der Waals surface area contributed by atoms with Crippen LogP contribution in [0.1, 0.15) is 10.4 Å². The highest BCUT2D eigenvalue weighted by molar-refractivity contribution is 7.11. The second-order valence-electron chi connectivity index (χ2n) is 4.79. The molecule has 0 aliphatic carbocycles. The zero-order valence-electron chi connectivity index (χ0n) is 11.7. The lowest BCUT2D eigenvalue weighted by Gasteiger charge is -2.02. The second-order valence-corrected chi connectivity index (χ2v) is 5.52. The molecule has 2 aromatic carbocycles. The number of benzene rings is 2. The van der Waals surface area contributed by atoms with Gasteiger partial charge in [-0.15, -0.1) is 0 Å². The lowest BCUT2D eigenvalue weighted by atomic mass is 10.1.